The lowest BCUT2D eigenvalue weighted by molar-refractivity contribution is -0.140. The Morgan fingerprint density at radius 2 is 1.83 bits per heavy atom. The molecule has 23 heavy (non-hydrogen) atoms. The van der Waals surface area contributed by atoms with E-state index in [0.29, 0.717) is 11.3 Å². The molecular formula is C16H16N2O5. The van der Waals surface area contributed by atoms with Crippen LogP contribution < -0.4 is 10.6 Å². The van der Waals surface area contributed by atoms with Crippen LogP contribution in [0, 0.1) is 0 Å². The summed E-state index contributed by atoms with van der Waals surface area (Å²) in [5.74, 6) is -0.862. The second-order valence-corrected chi connectivity index (χ2v) is 4.59. The van der Waals surface area contributed by atoms with Crippen molar-refractivity contribution in [1.82, 2.24) is 5.32 Å². The molecule has 0 unspecified atom stereocenters. The summed E-state index contributed by atoms with van der Waals surface area (Å²) in [4.78, 5) is 34.6. The summed E-state index contributed by atoms with van der Waals surface area (Å²) in [5.41, 5.74) is 0.961. The number of esters is 1. The van der Waals surface area contributed by atoms with Crippen molar-refractivity contribution >= 4 is 23.5 Å². The van der Waals surface area contributed by atoms with Crippen LogP contribution in [0.15, 0.2) is 47.1 Å². The van der Waals surface area contributed by atoms with Gasteiger partial charge < -0.3 is 19.8 Å². The van der Waals surface area contributed by atoms with Crippen molar-refractivity contribution in [3.63, 3.8) is 0 Å². The van der Waals surface area contributed by atoms with E-state index < -0.39 is 0 Å². The van der Waals surface area contributed by atoms with Crippen molar-refractivity contribution in [2.45, 2.75) is 6.42 Å². The maximum Gasteiger partial charge on any atom is 0.307 e. The zero-order valence-electron chi connectivity index (χ0n) is 12.5. The van der Waals surface area contributed by atoms with Gasteiger partial charge in [0.1, 0.15) is 0 Å². The number of rotatable bonds is 6. The Hall–Kier alpha value is -3.09. The summed E-state index contributed by atoms with van der Waals surface area (Å²) in [7, 11) is 1.29. The van der Waals surface area contributed by atoms with Gasteiger partial charge in [0, 0.05) is 17.8 Å². The highest BCUT2D eigenvalue weighted by atomic mass is 16.5. The number of carbonyl (C=O) groups is 3. The molecule has 2 aromatic rings. The van der Waals surface area contributed by atoms with Gasteiger partial charge in [-0.2, -0.15) is 0 Å². The summed E-state index contributed by atoms with van der Waals surface area (Å²) in [5, 5.41) is 5.26. The third-order valence-corrected chi connectivity index (χ3v) is 2.99. The van der Waals surface area contributed by atoms with E-state index in [-0.39, 0.29) is 36.5 Å². The third-order valence-electron chi connectivity index (χ3n) is 2.99. The summed E-state index contributed by atoms with van der Waals surface area (Å²) in [6.45, 7) is 0.197. The Balaban J connectivity index is 1.87. The number of methoxy groups -OCH3 is 1. The lowest BCUT2D eigenvalue weighted by atomic mass is 10.2. The van der Waals surface area contributed by atoms with Crippen molar-refractivity contribution < 1.29 is 23.5 Å². The van der Waals surface area contributed by atoms with Gasteiger partial charge in [-0.25, -0.2) is 0 Å². The molecule has 1 aromatic carbocycles. The van der Waals surface area contributed by atoms with Crippen molar-refractivity contribution in [2.24, 2.45) is 0 Å². The molecule has 120 valence electrons. The molecule has 2 amide bonds. The fourth-order valence-electron chi connectivity index (χ4n) is 1.79. The van der Waals surface area contributed by atoms with Crippen LogP contribution in [0.2, 0.25) is 0 Å². The average molecular weight is 316 g/mol. The second kappa shape index (κ2) is 7.79. The van der Waals surface area contributed by atoms with Gasteiger partial charge in [-0.05, 0) is 36.4 Å². The molecule has 0 bridgehead atoms. The molecule has 1 aromatic heterocycles. The van der Waals surface area contributed by atoms with Gasteiger partial charge in [-0.15, -0.1) is 0 Å². The Morgan fingerprint density at radius 3 is 2.43 bits per heavy atom. The average Bonchev–Trinajstić information content (AvgIpc) is 3.09. The molecule has 0 fully saturated rings. The highest BCUT2D eigenvalue weighted by molar-refractivity contribution is 6.02. The van der Waals surface area contributed by atoms with Crippen LogP contribution in [0.1, 0.15) is 27.3 Å². The van der Waals surface area contributed by atoms with Crippen LogP contribution in [0.5, 0.6) is 0 Å². The summed E-state index contributed by atoms with van der Waals surface area (Å²) in [6, 6.07) is 9.54. The highest BCUT2D eigenvalue weighted by Crippen LogP contribution is 2.11. The largest absolute Gasteiger partial charge is 0.469 e. The fraction of sp³-hybridized carbons (Fsp3) is 0.188. The molecule has 0 saturated heterocycles. The van der Waals surface area contributed by atoms with Gasteiger partial charge in [-0.1, -0.05) is 0 Å². The normalized spacial score (nSPS) is 9.96. The van der Waals surface area contributed by atoms with Gasteiger partial charge in [-0.3, -0.25) is 14.4 Å². The molecule has 0 radical (unpaired) electrons. The number of benzene rings is 1. The first-order valence-corrected chi connectivity index (χ1v) is 6.90. The smallest absolute Gasteiger partial charge is 0.307 e. The van der Waals surface area contributed by atoms with E-state index in [0.717, 1.165) is 0 Å². The lowest BCUT2D eigenvalue weighted by Gasteiger charge is -2.06. The molecule has 7 nitrogen and oxygen atoms in total. The Morgan fingerprint density at radius 1 is 1.09 bits per heavy atom. The fourth-order valence-corrected chi connectivity index (χ4v) is 1.79. The van der Waals surface area contributed by atoms with Gasteiger partial charge in [0.05, 0.1) is 19.8 Å². The van der Waals surface area contributed by atoms with Crippen molar-refractivity contribution in [2.75, 3.05) is 19.0 Å². The van der Waals surface area contributed by atoms with Crippen LogP contribution in [-0.2, 0) is 9.53 Å². The van der Waals surface area contributed by atoms with Crippen molar-refractivity contribution in [3.05, 3.63) is 54.0 Å². The van der Waals surface area contributed by atoms with Crippen LogP contribution in [0.4, 0.5) is 5.69 Å². The van der Waals surface area contributed by atoms with E-state index >= 15 is 0 Å². The minimum atomic E-state index is -0.388. The summed E-state index contributed by atoms with van der Waals surface area (Å²) < 4.78 is 9.47. The highest BCUT2D eigenvalue weighted by Gasteiger charge is 2.10. The van der Waals surface area contributed by atoms with E-state index in [1.807, 2.05) is 0 Å². The monoisotopic (exact) mass is 316 g/mol. The van der Waals surface area contributed by atoms with Crippen LogP contribution in [0.25, 0.3) is 0 Å². The molecule has 0 saturated carbocycles. The molecule has 2 rings (SSSR count). The molecule has 1 heterocycles. The molecule has 2 N–H and O–H groups in total. The van der Waals surface area contributed by atoms with Crippen LogP contribution in [-0.4, -0.2) is 31.4 Å². The van der Waals surface area contributed by atoms with Crippen molar-refractivity contribution in [3.8, 4) is 0 Å². The Bertz CT molecular complexity index is 677. The zero-order valence-corrected chi connectivity index (χ0v) is 12.5. The predicted octanol–water partition coefficient (Wildman–Crippen LogP) is 1.82. The first kappa shape index (κ1) is 16.3. The van der Waals surface area contributed by atoms with E-state index in [1.54, 1.807) is 36.4 Å². The summed E-state index contributed by atoms with van der Waals surface area (Å²) in [6.07, 6.45) is 1.52. The molecule has 0 atom stereocenters. The predicted molar refractivity (Wildman–Crippen MR) is 82.1 cm³/mol. The number of carbonyl (C=O) groups excluding carboxylic acids is 3. The standard InChI is InChI=1S/C16H16N2O5/c1-22-14(19)8-9-17-15(20)11-4-6-12(7-5-11)18-16(21)13-3-2-10-23-13/h2-7,10H,8-9H2,1H3,(H,17,20)(H,18,21). The first-order valence-electron chi connectivity index (χ1n) is 6.90. The molecule has 0 aliphatic carbocycles. The third kappa shape index (κ3) is 4.70. The van der Waals surface area contributed by atoms with E-state index in [1.165, 1.54) is 13.4 Å². The maximum atomic E-state index is 11.9. The van der Waals surface area contributed by atoms with Crippen LogP contribution in [0.3, 0.4) is 0 Å². The topological polar surface area (TPSA) is 97.6 Å². The number of ether oxygens (including phenoxy) is 1. The molecule has 0 aliphatic heterocycles. The number of hydrogen-bond acceptors (Lipinski definition) is 5. The lowest BCUT2D eigenvalue weighted by Crippen LogP contribution is -2.26. The number of nitrogens with one attached hydrogen (secondary N) is 2. The van der Waals surface area contributed by atoms with E-state index in [9.17, 15) is 14.4 Å². The quantitative estimate of drug-likeness (QED) is 0.792. The van der Waals surface area contributed by atoms with E-state index in [4.69, 9.17) is 4.42 Å². The van der Waals surface area contributed by atoms with E-state index in [2.05, 4.69) is 15.4 Å². The van der Waals surface area contributed by atoms with Gasteiger partial charge in [0.25, 0.3) is 11.8 Å². The molecule has 0 aliphatic rings. The zero-order chi connectivity index (χ0) is 16.7. The van der Waals surface area contributed by atoms with Gasteiger partial charge in [0.2, 0.25) is 0 Å². The second-order valence-electron chi connectivity index (χ2n) is 4.59. The number of furan rings is 1. The molecule has 7 heteroatoms. The molecular weight excluding hydrogens is 300 g/mol. The van der Waals surface area contributed by atoms with Crippen molar-refractivity contribution in [1.29, 1.82) is 0 Å². The van der Waals surface area contributed by atoms with Gasteiger partial charge >= 0.3 is 5.97 Å². The summed E-state index contributed by atoms with van der Waals surface area (Å²) >= 11 is 0. The number of hydrogen-bond donors (Lipinski definition) is 2. The van der Waals surface area contributed by atoms with Gasteiger partial charge in [0.15, 0.2) is 5.76 Å². The maximum absolute atomic E-state index is 11.9. The number of anilines is 1. The Kier molecular flexibility index (Phi) is 5.51. The first-order chi connectivity index (χ1) is 11.1. The minimum Gasteiger partial charge on any atom is -0.469 e. The molecule has 0 spiro atoms. The van der Waals surface area contributed by atoms with Crippen LogP contribution >= 0.6 is 0 Å². The minimum absolute atomic E-state index is 0.111. The Labute approximate surface area is 132 Å². The number of amides is 2. The SMILES string of the molecule is COC(=O)CCNC(=O)c1ccc(NC(=O)c2ccco2)cc1.